The van der Waals surface area contributed by atoms with Crippen molar-refractivity contribution in [2.24, 2.45) is 0 Å². The number of halogens is 1. The Kier molecular flexibility index (Phi) is 6.29. The fraction of sp³-hybridized carbons (Fsp3) is 0.600. The summed E-state index contributed by atoms with van der Waals surface area (Å²) in [6, 6.07) is 6.41. The van der Waals surface area contributed by atoms with Crippen LogP contribution in [0.15, 0.2) is 22.7 Å². The number of aliphatic hydroxyl groups excluding tert-OH is 1. The molecule has 2 N–H and O–H groups in total. The Hall–Kier alpha value is -0.620. The van der Waals surface area contributed by atoms with Gasteiger partial charge in [0.15, 0.2) is 0 Å². The lowest BCUT2D eigenvalue weighted by atomic mass is 10.1. The van der Waals surface area contributed by atoms with Crippen LogP contribution in [0.1, 0.15) is 18.4 Å². The Morgan fingerprint density at radius 3 is 2.85 bits per heavy atom. The van der Waals surface area contributed by atoms with E-state index in [1.165, 1.54) is 11.3 Å². The van der Waals surface area contributed by atoms with Crippen LogP contribution in [0.5, 0.6) is 0 Å². The predicted molar refractivity (Wildman–Crippen MR) is 85.2 cm³/mol. The van der Waals surface area contributed by atoms with Gasteiger partial charge in [-0.3, -0.25) is 0 Å². The number of piperidine rings is 1. The maximum Gasteiger partial charge on any atom is 0.0587 e. The van der Waals surface area contributed by atoms with Crippen LogP contribution in [0.25, 0.3) is 0 Å². The highest BCUT2D eigenvalue weighted by atomic mass is 79.9. The maximum absolute atomic E-state index is 9.63. The number of aliphatic hydroxyl groups is 1. The third-order valence-electron chi connectivity index (χ3n) is 3.65. The standard InChI is InChI=1S/C15H23BrN2O2/c1-20-9-6-17-11-12-10-13(16)2-3-15(12)18-7-4-14(19)5-8-18/h2-3,10,14,17,19H,4-9,11H2,1H3. The molecule has 0 saturated carbocycles. The summed E-state index contributed by atoms with van der Waals surface area (Å²) >= 11 is 3.54. The molecular formula is C15H23BrN2O2. The van der Waals surface area contributed by atoms with E-state index < -0.39 is 0 Å². The van der Waals surface area contributed by atoms with Gasteiger partial charge in [-0.05, 0) is 36.6 Å². The molecule has 0 amide bonds. The topological polar surface area (TPSA) is 44.7 Å². The molecule has 1 aliphatic rings. The third-order valence-corrected chi connectivity index (χ3v) is 4.14. The lowest BCUT2D eigenvalue weighted by Gasteiger charge is -2.33. The molecule has 1 fully saturated rings. The molecule has 0 unspecified atom stereocenters. The van der Waals surface area contributed by atoms with Crippen molar-refractivity contribution >= 4 is 21.6 Å². The van der Waals surface area contributed by atoms with Crippen LogP contribution in [0, 0.1) is 0 Å². The number of hydrogen-bond acceptors (Lipinski definition) is 4. The first-order chi connectivity index (χ1) is 9.70. The van der Waals surface area contributed by atoms with Crippen molar-refractivity contribution in [2.45, 2.75) is 25.5 Å². The van der Waals surface area contributed by atoms with Gasteiger partial charge in [-0.25, -0.2) is 0 Å². The van der Waals surface area contributed by atoms with E-state index in [2.05, 4.69) is 44.3 Å². The minimum Gasteiger partial charge on any atom is -0.393 e. The number of anilines is 1. The fourth-order valence-electron chi connectivity index (χ4n) is 2.51. The summed E-state index contributed by atoms with van der Waals surface area (Å²) in [5.74, 6) is 0. The molecule has 4 nitrogen and oxygen atoms in total. The summed E-state index contributed by atoms with van der Waals surface area (Å²) in [6.07, 6.45) is 1.57. The molecule has 1 aromatic carbocycles. The molecule has 0 aliphatic carbocycles. The molecule has 1 saturated heterocycles. The van der Waals surface area contributed by atoms with Crippen LogP contribution in [-0.2, 0) is 11.3 Å². The number of nitrogens with zero attached hydrogens (tertiary/aromatic N) is 1. The molecular weight excluding hydrogens is 320 g/mol. The van der Waals surface area contributed by atoms with E-state index >= 15 is 0 Å². The van der Waals surface area contributed by atoms with Crippen LogP contribution < -0.4 is 10.2 Å². The lowest BCUT2D eigenvalue weighted by Crippen LogP contribution is -2.36. The van der Waals surface area contributed by atoms with Crippen LogP contribution >= 0.6 is 15.9 Å². The van der Waals surface area contributed by atoms with E-state index in [0.29, 0.717) is 0 Å². The van der Waals surface area contributed by atoms with Gasteiger partial charge in [-0.15, -0.1) is 0 Å². The van der Waals surface area contributed by atoms with E-state index in [1.807, 2.05) is 0 Å². The Morgan fingerprint density at radius 2 is 2.15 bits per heavy atom. The quantitative estimate of drug-likeness (QED) is 0.777. The molecule has 0 spiro atoms. The highest BCUT2D eigenvalue weighted by molar-refractivity contribution is 9.10. The largest absolute Gasteiger partial charge is 0.393 e. The van der Waals surface area contributed by atoms with Gasteiger partial charge in [0.1, 0.15) is 0 Å². The second-order valence-corrected chi connectivity index (χ2v) is 6.08. The highest BCUT2D eigenvalue weighted by Crippen LogP contribution is 2.27. The van der Waals surface area contributed by atoms with Crippen molar-refractivity contribution in [1.82, 2.24) is 5.32 Å². The average Bonchev–Trinajstić information content (AvgIpc) is 2.45. The Balaban J connectivity index is 2.03. The molecule has 1 aliphatic heterocycles. The van der Waals surface area contributed by atoms with Gasteiger partial charge in [-0.1, -0.05) is 15.9 Å². The number of ether oxygens (including phenoxy) is 1. The summed E-state index contributed by atoms with van der Waals surface area (Å²) in [4.78, 5) is 2.37. The summed E-state index contributed by atoms with van der Waals surface area (Å²) < 4.78 is 6.15. The summed E-state index contributed by atoms with van der Waals surface area (Å²) in [7, 11) is 1.71. The van der Waals surface area contributed by atoms with Gasteiger partial charge in [0, 0.05) is 43.4 Å². The zero-order valence-corrected chi connectivity index (χ0v) is 13.5. The zero-order valence-electron chi connectivity index (χ0n) is 11.9. The van der Waals surface area contributed by atoms with Crippen molar-refractivity contribution in [3.63, 3.8) is 0 Å². The Bertz CT molecular complexity index is 420. The zero-order chi connectivity index (χ0) is 14.4. The number of nitrogens with one attached hydrogen (secondary N) is 1. The molecule has 2 rings (SSSR count). The predicted octanol–water partition coefficient (Wildman–Crippen LogP) is 2.15. The van der Waals surface area contributed by atoms with Gasteiger partial charge >= 0.3 is 0 Å². The molecule has 0 atom stereocenters. The molecule has 0 radical (unpaired) electrons. The minimum atomic E-state index is -0.134. The maximum atomic E-state index is 9.63. The lowest BCUT2D eigenvalue weighted by molar-refractivity contribution is 0.145. The Morgan fingerprint density at radius 1 is 1.40 bits per heavy atom. The average molecular weight is 343 g/mol. The van der Waals surface area contributed by atoms with E-state index in [1.54, 1.807) is 7.11 Å². The molecule has 1 heterocycles. The molecule has 5 heteroatoms. The number of rotatable bonds is 6. The van der Waals surface area contributed by atoms with Crippen molar-refractivity contribution in [2.75, 3.05) is 38.3 Å². The van der Waals surface area contributed by atoms with E-state index in [0.717, 1.165) is 50.1 Å². The molecule has 1 aromatic rings. The molecule has 0 aromatic heterocycles. The minimum absolute atomic E-state index is 0.134. The number of benzene rings is 1. The molecule has 20 heavy (non-hydrogen) atoms. The third kappa shape index (κ3) is 4.45. The van der Waals surface area contributed by atoms with Crippen LogP contribution in [0.3, 0.4) is 0 Å². The van der Waals surface area contributed by atoms with Crippen molar-refractivity contribution in [3.05, 3.63) is 28.2 Å². The summed E-state index contributed by atoms with van der Waals surface area (Å²) in [5.41, 5.74) is 2.55. The second-order valence-electron chi connectivity index (χ2n) is 5.16. The van der Waals surface area contributed by atoms with Crippen LogP contribution in [0.2, 0.25) is 0 Å². The van der Waals surface area contributed by atoms with E-state index in [9.17, 15) is 5.11 Å². The van der Waals surface area contributed by atoms with Gasteiger partial charge in [0.25, 0.3) is 0 Å². The Labute approximate surface area is 129 Å². The van der Waals surface area contributed by atoms with Gasteiger partial charge < -0.3 is 20.1 Å². The summed E-state index contributed by atoms with van der Waals surface area (Å²) in [6.45, 7) is 4.25. The summed E-state index contributed by atoms with van der Waals surface area (Å²) in [5, 5.41) is 13.0. The highest BCUT2D eigenvalue weighted by Gasteiger charge is 2.19. The molecule has 112 valence electrons. The van der Waals surface area contributed by atoms with Crippen LogP contribution in [-0.4, -0.2) is 44.6 Å². The first-order valence-corrected chi connectivity index (χ1v) is 7.91. The van der Waals surface area contributed by atoms with E-state index in [-0.39, 0.29) is 6.10 Å². The normalized spacial score (nSPS) is 16.6. The number of hydrogen-bond donors (Lipinski definition) is 2. The van der Waals surface area contributed by atoms with Gasteiger partial charge in [-0.2, -0.15) is 0 Å². The number of methoxy groups -OCH3 is 1. The first-order valence-electron chi connectivity index (χ1n) is 7.12. The SMILES string of the molecule is COCCNCc1cc(Br)ccc1N1CCC(O)CC1. The first kappa shape index (κ1) is 15.8. The monoisotopic (exact) mass is 342 g/mol. The van der Waals surface area contributed by atoms with Crippen LogP contribution in [0.4, 0.5) is 5.69 Å². The molecule has 0 bridgehead atoms. The van der Waals surface area contributed by atoms with Crippen molar-refractivity contribution in [1.29, 1.82) is 0 Å². The van der Waals surface area contributed by atoms with Crippen molar-refractivity contribution < 1.29 is 9.84 Å². The van der Waals surface area contributed by atoms with Gasteiger partial charge in [0.2, 0.25) is 0 Å². The van der Waals surface area contributed by atoms with E-state index in [4.69, 9.17) is 4.74 Å². The van der Waals surface area contributed by atoms with Crippen molar-refractivity contribution in [3.8, 4) is 0 Å². The van der Waals surface area contributed by atoms with Gasteiger partial charge in [0.05, 0.1) is 12.7 Å². The smallest absolute Gasteiger partial charge is 0.0587 e. The second kappa shape index (κ2) is 7.98. The fourth-order valence-corrected chi connectivity index (χ4v) is 2.92.